The van der Waals surface area contributed by atoms with Gasteiger partial charge in [-0.15, -0.1) is 0 Å². The smallest absolute Gasteiger partial charge is 0.222 e. The molecule has 3 rings (SSSR count). The molecule has 1 saturated heterocycles. The standard InChI is InChI=1S/C19H28N2O2/c20-18-8-4-7-16(18)13-19(22)21-11-9-17(10-12-21)23-14-15-5-2-1-3-6-15/h1-3,5-6,16-18H,4,7-14,20H2/t16-,18+/m0/s1. The van der Waals surface area contributed by atoms with Gasteiger partial charge in [-0.25, -0.2) is 0 Å². The Morgan fingerprint density at radius 1 is 1.13 bits per heavy atom. The molecule has 126 valence electrons. The van der Waals surface area contributed by atoms with Gasteiger partial charge in [0.1, 0.15) is 0 Å². The quantitative estimate of drug-likeness (QED) is 0.908. The lowest BCUT2D eigenvalue weighted by Crippen LogP contribution is -2.42. The normalized spacial score (nSPS) is 25.7. The van der Waals surface area contributed by atoms with Crippen molar-refractivity contribution in [1.29, 1.82) is 0 Å². The Morgan fingerprint density at radius 2 is 1.87 bits per heavy atom. The summed E-state index contributed by atoms with van der Waals surface area (Å²) in [6.07, 6.45) is 6.15. The van der Waals surface area contributed by atoms with Crippen LogP contribution < -0.4 is 5.73 Å². The summed E-state index contributed by atoms with van der Waals surface area (Å²) in [5.41, 5.74) is 7.29. The van der Waals surface area contributed by atoms with Crippen LogP contribution in [0.2, 0.25) is 0 Å². The maximum absolute atomic E-state index is 12.4. The van der Waals surface area contributed by atoms with E-state index in [1.54, 1.807) is 0 Å². The van der Waals surface area contributed by atoms with E-state index in [1.165, 1.54) is 12.0 Å². The van der Waals surface area contributed by atoms with Crippen LogP contribution in [0.5, 0.6) is 0 Å². The van der Waals surface area contributed by atoms with E-state index < -0.39 is 0 Å². The number of amides is 1. The first kappa shape index (κ1) is 16.5. The van der Waals surface area contributed by atoms with E-state index in [2.05, 4.69) is 12.1 Å². The third-order valence-electron chi connectivity index (χ3n) is 5.28. The molecule has 1 aliphatic heterocycles. The largest absolute Gasteiger partial charge is 0.373 e. The van der Waals surface area contributed by atoms with Crippen LogP contribution in [-0.4, -0.2) is 36.0 Å². The Labute approximate surface area is 139 Å². The number of carbonyl (C=O) groups excluding carboxylic acids is 1. The Morgan fingerprint density at radius 3 is 2.52 bits per heavy atom. The molecule has 2 N–H and O–H groups in total. The Kier molecular flexibility index (Phi) is 5.68. The summed E-state index contributed by atoms with van der Waals surface area (Å²) in [5, 5.41) is 0. The minimum Gasteiger partial charge on any atom is -0.373 e. The highest BCUT2D eigenvalue weighted by molar-refractivity contribution is 5.76. The fourth-order valence-corrected chi connectivity index (χ4v) is 3.73. The van der Waals surface area contributed by atoms with Crippen molar-refractivity contribution in [2.24, 2.45) is 11.7 Å². The van der Waals surface area contributed by atoms with Crippen molar-refractivity contribution in [2.75, 3.05) is 13.1 Å². The van der Waals surface area contributed by atoms with Crippen molar-refractivity contribution in [3.63, 3.8) is 0 Å². The van der Waals surface area contributed by atoms with Gasteiger partial charge in [0.25, 0.3) is 0 Å². The maximum Gasteiger partial charge on any atom is 0.222 e. The van der Waals surface area contributed by atoms with Crippen molar-refractivity contribution >= 4 is 5.91 Å². The second-order valence-electron chi connectivity index (χ2n) is 6.94. The number of carbonyl (C=O) groups is 1. The van der Waals surface area contributed by atoms with Crippen molar-refractivity contribution in [2.45, 2.75) is 57.3 Å². The van der Waals surface area contributed by atoms with Gasteiger partial charge in [-0.2, -0.15) is 0 Å². The molecule has 1 amide bonds. The third-order valence-corrected chi connectivity index (χ3v) is 5.28. The molecular formula is C19H28N2O2. The van der Waals surface area contributed by atoms with Gasteiger partial charge in [0, 0.05) is 25.6 Å². The van der Waals surface area contributed by atoms with E-state index in [4.69, 9.17) is 10.5 Å². The number of nitrogens with two attached hydrogens (primary N) is 1. The van der Waals surface area contributed by atoms with Gasteiger partial charge in [-0.3, -0.25) is 4.79 Å². The first-order valence-corrected chi connectivity index (χ1v) is 8.91. The van der Waals surface area contributed by atoms with Crippen LogP contribution in [0.4, 0.5) is 0 Å². The Bertz CT molecular complexity index is 497. The average Bonchev–Trinajstić information content (AvgIpc) is 2.99. The topological polar surface area (TPSA) is 55.6 Å². The van der Waals surface area contributed by atoms with Crippen LogP contribution in [0.3, 0.4) is 0 Å². The lowest BCUT2D eigenvalue weighted by molar-refractivity contribution is -0.135. The van der Waals surface area contributed by atoms with E-state index in [9.17, 15) is 4.79 Å². The molecule has 2 atom stereocenters. The molecule has 23 heavy (non-hydrogen) atoms. The predicted octanol–water partition coefficient (Wildman–Crippen LogP) is 2.71. The van der Waals surface area contributed by atoms with Crippen molar-refractivity contribution in [1.82, 2.24) is 4.90 Å². The first-order valence-electron chi connectivity index (χ1n) is 8.91. The van der Waals surface area contributed by atoms with Gasteiger partial charge < -0.3 is 15.4 Å². The molecule has 1 aromatic carbocycles. The lowest BCUT2D eigenvalue weighted by atomic mass is 9.98. The molecule has 1 aromatic rings. The molecular weight excluding hydrogens is 288 g/mol. The molecule has 0 radical (unpaired) electrons. The molecule has 1 aliphatic carbocycles. The van der Waals surface area contributed by atoms with Gasteiger partial charge >= 0.3 is 0 Å². The van der Waals surface area contributed by atoms with Crippen molar-refractivity contribution < 1.29 is 9.53 Å². The number of ether oxygens (including phenoxy) is 1. The molecule has 4 heteroatoms. The fourth-order valence-electron chi connectivity index (χ4n) is 3.73. The van der Waals surface area contributed by atoms with E-state index in [-0.39, 0.29) is 18.1 Å². The molecule has 2 aliphatic rings. The number of hydrogen-bond acceptors (Lipinski definition) is 3. The summed E-state index contributed by atoms with van der Waals surface area (Å²) >= 11 is 0. The average molecular weight is 316 g/mol. The first-order chi connectivity index (χ1) is 11.2. The molecule has 0 unspecified atom stereocenters. The second kappa shape index (κ2) is 7.93. The van der Waals surface area contributed by atoms with E-state index >= 15 is 0 Å². The molecule has 4 nitrogen and oxygen atoms in total. The number of rotatable bonds is 5. The number of nitrogens with zero attached hydrogens (tertiary/aromatic N) is 1. The highest BCUT2D eigenvalue weighted by Crippen LogP contribution is 2.28. The maximum atomic E-state index is 12.4. The Balaban J connectivity index is 1.38. The minimum absolute atomic E-state index is 0.227. The zero-order chi connectivity index (χ0) is 16.1. The number of likely N-dealkylation sites (tertiary alicyclic amines) is 1. The molecule has 1 heterocycles. The van der Waals surface area contributed by atoms with Crippen LogP contribution in [-0.2, 0) is 16.1 Å². The molecule has 1 saturated carbocycles. The molecule has 0 bridgehead atoms. The number of piperidine rings is 1. The van der Waals surface area contributed by atoms with Crippen molar-refractivity contribution in [3.05, 3.63) is 35.9 Å². The van der Waals surface area contributed by atoms with Gasteiger partial charge in [0.15, 0.2) is 0 Å². The summed E-state index contributed by atoms with van der Waals surface area (Å²) < 4.78 is 5.99. The van der Waals surface area contributed by atoms with Gasteiger partial charge in [-0.05, 0) is 37.2 Å². The molecule has 2 fully saturated rings. The number of hydrogen-bond donors (Lipinski definition) is 1. The minimum atomic E-state index is 0.227. The summed E-state index contributed by atoms with van der Waals surface area (Å²) in [5.74, 6) is 0.684. The van der Waals surface area contributed by atoms with E-state index in [1.807, 2.05) is 23.1 Å². The van der Waals surface area contributed by atoms with Crippen LogP contribution >= 0.6 is 0 Å². The highest BCUT2D eigenvalue weighted by atomic mass is 16.5. The van der Waals surface area contributed by atoms with Gasteiger partial charge in [0.05, 0.1) is 12.7 Å². The zero-order valence-corrected chi connectivity index (χ0v) is 13.8. The highest BCUT2D eigenvalue weighted by Gasteiger charge is 2.29. The summed E-state index contributed by atoms with van der Waals surface area (Å²) in [7, 11) is 0. The number of benzene rings is 1. The third kappa shape index (κ3) is 4.55. The van der Waals surface area contributed by atoms with E-state index in [0.29, 0.717) is 18.9 Å². The lowest BCUT2D eigenvalue weighted by Gasteiger charge is -2.33. The van der Waals surface area contributed by atoms with Gasteiger partial charge in [0.2, 0.25) is 5.91 Å². The SMILES string of the molecule is N[C@@H]1CCC[C@H]1CC(=O)N1CCC(OCc2ccccc2)CC1. The van der Waals surface area contributed by atoms with Crippen LogP contribution in [0, 0.1) is 5.92 Å². The van der Waals surface area contributed by atoms with Crippen LogP contribution in [0.15, 0.2) is 30.3 Å². The Hall–Kier alpha value is -1.39. The zero-order valence-electron chi connectivity index (χ0n) is 13.8. The molecule has 0 aromatic heterocycles. The summed E-state index contributed by atoms with van der Waals surface area (Å²) in [4.78, 5) is 14.4. The summed E-state index contributed by atoms with van der Waals surface area (Å²) in [6, 6.07) is 10.5. The predicted molar refractivity (Wildman–Crippen MR) is 90.8 cm³/mol. The van der Waals surface area contributed by atoms with Crippen LogP contribution in [0.25, 0.3) is 0 Å². The van der Waals surface area contributed by atoms with Gasteiger partial charge in [-0.1, -0.05) is 36.8 Å². The fraction of sp³-hybridized carbons (Fsp3) is 0.632. The van der Waals surface area contributed by atoms with E-state index in [0.717, 1.165) is 38.8 Å². The summed E-state index contributed by atoms with van der Waals surface area (Å²) in [6.45, 7) is 2.30. The van der Waals surface area contributed by atoms with Crippen molar-refractivity contribution in [3.8, 4) is 0 Å². The van der Waals surface area contributed by atoms with Crippen LogP contribution in [0.1, 0.15) is 44.1 Å². The second-order valence-corrected chi connectivity index (χ2v) is 6.94. The monoisotopic (exact) mass is 316 g/mol. The molecule has 0 spiro atoms.